The van der Waals surface area contributed by atoms with Crippen molar-refractivity contribution in [1.82, 2.24) is 15.2 Å². The summed E-state index contributed by atoms with van der Waals surface area (Å²) in [4.78, 5) is 12.3. The zero-order valence-electron chi connectivity index (χ0n) is 15.9. The van der Waals surface area contributed by atoms with Crippen LogP contribution in [-0.4, -0.2) is 21.9 Å². The third-order valence-electron chi connectivity index (χ3n) is 4.55. The van der Waals surface area contributed by atoms with Crippen molar-refractivity contribution < 1.29 is 4.79 Å². The van der Waals surface area contributed by atoms with Gasteiger partial charge in [0.1, 0.15) is 0 Å². The standard InChI is InChI=1S/C22H24N4O/c1-16(14-19-10-6-4-7-11-19)22(27)24-23-15-21-17(2)25-26(18(21)3)20-12-8-5-9-13-20/h4-13,15-16H,14H2,1-3H3,(H,24,27)/b23-15+. The Morgan fingerprint density at radius 3 is 2.41 bits per heavy atom. The van der Waals surface area contributed by atoms with Crippen LogP contribution < -0.4 is 5.43 Å². The van der Waals surface area contributed by atoms with Gasteiger partial charge in [0.15, 0.2) is 0 Å². The molecule has 1 atom stereocenters. The van der Waals surface area contributed by atoms with E-state index in [-0.39, 0.29) is 11.8 Å². The lowest BCUT2D eigenvalue weighted by Gasteiger charge is -2.09. The van der Waals surface area contributed by atoms with Gasteiger partial charge in [-0.15, -0.1) is 0 Å². The van der Waals surface area contributed by atoms with Crippen LogP contribution >= 0.6 is 0 Å². The molecule has 2 aromatic carbocycles. The SMILES string of the molecule is Cc1nn(-c2ccccc2)c(C)c1/C=N/NC(=O)C(C)Cc1ccccc1. The Hall–Kier alpha value is -3.21. The summed E-state index contributed by atoms with van der Waals surface area (Å²) in [5.41, 5.74) is 7.55. The van der Waals surface area contributed by atoms with E-state index in [1.165, 1.54) is 0 Å². The monoisotopic (exact) mass is 360 g/mol. The first-order valence-electron chi connectivity index (χ1n) is 9.04. The number of aryl methyl sites for hydroxylation is 1. The Balaban J connectivity index is 1.66. The largest absolute Gasteiger partial charge is 0.273 e. The molecule has 0 saturated heterocycles. The fraction of sp³-hybridized carbons (Fsp3) is 0.227. The summed E-state index contributed by atoms with van der Waals surface area (Å²) in [5, 5.41) is 8.74. The van der Waals surface area contributed by atoms with Crippen LogP contribution in [0.1, 0.15) is 29.4 Å². The number of hydrogen-bond acceptors (Lipinski definition) is 3. The van der Waals surface area contributed by atoms with E-state index in [2.05, 4.69) is 15.6 Å². The lowest BCUT2D eigenvalue weighted by atomic mass is 10.0. The van der Waals surface area contributed by atoms with Crippen LogP contribution in [-0.2, 0) is 11.2 Å². The lowest BCUT2D eigenvalue weighted by Crippen LogP contribution is -2.26. The number of hydrazone groups is 1. The number of hydrogen-bond donors (Lipinski definition) is 1. The maximum absolute atomic E-state index is 12.3. The Morgan fingerprint density at radius 2 is 1.74 bits per heavy atom. The highest BCUT2D eigenvalue weighted by atomic mass is 16.2. The number of carbonyl (C=O) groups excluding carboxylic acids is 1. The summed E-state index contributed by atoms with van der Waals surface area (Å²) in [6.45, 7) is 5.84. The highest BCUT2D eigenvalue weighted by Gasteiger charge is 2.14. The van der Waals surface area contributed by atoms with Crippen molar-refractivity contribution in [3.05, 3.63) is 83.2 Å². The molecule has 0 aliphatic carbocycles. The number of carbonyl (C=O) groups is 1. The van der Waals surface area contributed by atoms with Gasteiger partial charge in [0.2, 0.25) is 5.91 Å². The van der Waals surface area contributed by atoms with Crippen molar-refractivity contribution in [3.63, 3.8) is 0 Å². The number of rotatable bonds is 6. The van der Waals surface area contributed by atoms with Crippen LogP contribution in [0.2, 0.25) is 0 Å². The minimum absolute atomic E-state index is 0.0964. The highest BCUT2D eigenvalue weighted by Crippen LogP contribution is 2.16. The Morgan fingerprint density at radius 1 is 1.11 bits per heavy atom. The predicted molar refractivity (Wildman–Crippen MR) is 108 cm³/mol. The van der Waals surface area contributed by atoms with Gasteiger partial charge in [-0.05, 0) is 38.0 Å². The lowest BCUT2D eigenvalue weighted by molar-refractivity contribution is -0.124. The van der Waals surface area contributed by atoms with Gasteiger partial charge in [-0.1, -0.05) is 55.5 Å². The average molecular weight is 360 g/mol. The van der Waals surface area contributed by atoms with E-state index < -0.39 is 0 Å². The number of benzene rings is 2. The van der Waals surface area contributed by atoms with Crippen LogP contribution in [0, 0.1) is 19.8 Å². The molecule has 0 radical (unpaired) electrons. The van der Waals surface area contributed by atoms with Crippen LogP contribution in [0.3, 0.4) is 0 Å². The van der Waals surface area contributed by atoms with Gasteiger partial charge >= 0.3 is 0 Å². The van der Waals surface area contributed by atoms with Gasteiger partial charge in [0.05, 0.1) is 23.3 Å². The van der Waals surface area contributed by atoms with Crippen LogP contribution in [0.4, 0.5) is 0 Å². The number of nitrogens with zero attached hydrogens (tertiary/aromatic N) is 3. The van der Waals surface area contributed by atoms with E-state index in [0.29, 0.717) is 6.42 Å². The number of para-hydroxylation sites is 1. The molecule has 1 heterocycles. The van der Waals surface area contributed by atoms with Crippen LogP contribution in [0.5, 0.6) is 0 Å². The van der Waals surface area contributed by atoms with E-state index in [1.54, 1.807) is 6.21 Å². The Bertz CT molecular complexity index is 930. The first kappa shape index (κ1) is 18.6. The maximum atomic E-state index is 12.3. The van der Waals surface area contributed by atoms with Gasteiger partial charge < -0.3 is 0 Å². The second-order valence-corrected chi connectivity index (χ2v) is 6.66. The quantitative estimate of drug-likeness (QED) is 0.537. The zero-order chi connectivity index (χ0) is 19.2. The molecule has 27 heavy (non-hydrogen) atoms. The van der Waals surface area contributed by atoms with Crippen molar-refractivity contribution in [1.29, 1.82) is 0 Å². The van der Waals surface area contributed by atoms with E-state index >= 15 is 0 Å². The van der Waals surface area contributed by atoms with Gasteiger partial charge in [-0.25, -0.2) is 10.1 Å². The molecule has 5 heteroatoms. The van der Waals surface area contributed by atoms with E-state index in [0.717, 1.165) is 28.2 Å². The van der Waals surface area contributed by atoms with E-state index in [4.69, 9.17) is 0 Å². The molecule has 1 unspecified atom stereocenters. The molecule has 3 aromatic rings. The third-order valence-corrected chi connectivity index (χ3v) is 4.55. The summed E-state index contributed by atoms with van der Waals surface area (Å²) in [7, 11) is 0. The van der Waals surface area contributed by atoms with Crippen molar-refractivity contribution >= 4 is 12.1 Å². The minimum atomic E-state index is -0.154. The van der Waals surface area contributed by atoms with Crippen LogP contribution in [0.15, 0.2) is 65.8 Å². The van der Waals surface area contributed by atoms with Crippen LogP contribution in [0.25, 0.3) is 5.69 Å². The molecule has 0 bridgehead atoms. The van der Waals surface area contributed by atoms with Crippen molar-refractivity contribution in [2.45, 2.75) is 27.2 Å². The predicted octanol–water partition coefficient (Wildman–Crippen LogP) is 3.82. The maximum Gasteiger partial charge on any atom is 0.243 e. The van der Waals surface area contributed by atoms with Gasteiger partial charge in [-0.2, -0.15) is 10.2 Å². The van der Waals surface area contributed by atoms with E-state index in [1.807, 2.05) is 86.1 Å². The topological polar surface area (TPSA) is 59.3 Å². The molecule has 0 saturated carbocycles. The van der Waals surface area contributed by atoms with Crippen molar-refractivity contribution in [3.8, 4) is 5.69 Å². The first-order valence-corrected chi connectivity index (χ1v) is 9.04. The minimum Gasteiger partial charge on any atom is -0.273 e. The molecule has 1 N–H and O–H groups in total. The molecule has 0 spiro atoms. The molecule has 0 aliphatic heterocycles. The van der Waals surface area contributed by atoms with Gasteiger partial charge in [-0.3, -0.25) is 4.79 Å². The molecule has 1 aromatic heterocycles. The molecular formula is C22H24N4O. The Labute approximate surface area is 159 Å². The zero-order valence-corrected chi connectivity index (χ0v) is 15.9. The normalized spacial score (nSPS) is 12.3. The van der Waals surface area contributed by atoms with Crippen molar-refractivity contribution in [2.24, 2.45) is 11.0 Å². The molecule has 138 valence electrons. The van der Waals surface area contributed by atoms with Crippen molar-refractivity contribution in [2.75, 3.05) is 0 Å². The van der Waals surface area contributed by atoms with Gasteiger partial charge in [0.25, 0.3) is 0 Å². The van der Waals surface area contributed by atoms with E-state index in [9.17, 15) is 4.79 Å². The van der Waals surface area contributed by atoms with Gasteiger partial charge in [0, 0.05) is 11.5 Å². The molecule has 0 fully saturated rings. The fourth-order valence-corrected chi connectivity index (χ4v) is 2.99. The summed E-state index contributed by atoms with van der Waals surface area (Å²) >= 11 is 0. The first-order chi connectivity index (χ1) is 13.1. The highest BCUT2D eigenvalue weighted by molar-refractivity contribution is 5.85. The molecule has 1 amide bonds. The molecule has 0 aliphatic rings. The fourth-order valence-electron chi connectivity index (χ4n) is 2.99. The third kappa shape index (κ3) is 4.50. The smallest absolute Gasteiger partial charge is 0.243 e. The summed E-state index contributed by atoms with van der Waals surface area (Å²) in [6.07, 6.45) is 2.36. The number of aromatic nitrogens is 2. The molecular weight excluding hydrogens is 336 g/mol. The number of nitrogens with one attached hydrogen (secondary N) is 1. The number of amides is 1. The second kappa shape index (κ2) is 8.45. The summed E-state index contributed by atoms with van der Waals surface area (Å²) < 4.78 is 1.89. The Kier molecular flexibility index (Phi) is 5.81. The second-order valence-electron chi connectivity index (χ2n) is 6.66. The summed E-state index contributed by atoms with van der Waals surface area (Å²) in [5.74, 6) is -0.250. The average Bonchev–Trinajstić information content (AvgIpc) is 2.97. The molecule has 5 nitrogen and oxygen atoms in total. The summed E-state index contributed by atoms with van der Waals surface area (Å²) in [6, 6.07) is 19.9. The molecule has 3 rings (SSSR count).